The Kier molecular flexibility index (Phi) is 3.62. The number of hydrogen-bond acceptors (Lipinski definition) is 4. The number of sulfonamides is 1. The lowest BCUT2D eigenvalue weighted by Crippen LogP contribution is -2.43. The van der Waals surface area contributed by atoms with Crippen molar-refractivity contribution < 1.29 is 17.9 Å². The van der Waals surface area contributed by atoms with Gasteiger partial charge in [-0.25, -0.2) is 13.6 Å². The number of ether oxygens (including phenoxy) is 1. The highest BCUT2D eigenvalue weighted by molar-refractivity contribution is 7.89. The molecule has 0 spiro atoms. The Bertz CT molecular complexity index is 666. The van der Waals surface area contributed by atoms with E-state index in [1.165, 1.54) is 12.1 Å². The van der Waals surface area contributed by atoms with Crippen molar-refractivity contribution in [1.29, 1.82) is 0 Å². The highest BCUT2D eigenvalue weighted by Gasteiger charge is 2.33. The van der Waals surface area contributed by atoms with E-state index < -0.39 is 16.1 Å². The number of benzene rings is 1. The largest absolute Gasteiger partial charge is 0.480 e. The summed E-state index contributed by atoms with van der Waals surface area (Å²) in [5, 5.41) is 5.12. The van der Waals surface area contributed by atoms with Crippen LogP contribution in [-0.4, -0.2) is 38.4 Å². The molecule has 7 heteroatoms. The topological polar surface area (TPSA) is 89.7 Å². The van der Waals surface area contributed by atoms with Crippen molar-refractivity contribution >= 4 is 15.9 Å². The molecule has 1 unspecified atom stereocenters. The molecule has 0 aliphatic carbocycles. The van der Waals surface area contributed by atoms with Crippen LogP contribution in [0.25, 0.3) is 0 Å². The van der Waals surface area contributed by atoms with Gasteiger partial charge in [0, 0.05) is 19.5 Å². The van der Waals surface area contributed by atoms with Gasteiger partial charge < -0.3 is 9.64 Å². The maximum Gasteiger partial charge on any atom is 0.263 e. The normalized spacial score (nSPS) is 21.8. The molecule has 1 aromatic carbocycles. The summed E-state index contributed by atoms with van der Waals surface area (Å²) in [6.45, 7) is 1.55. The van der Waals surface area contributed by atoms with Crippen molar-refractivity contribution in [3.8, 4) is 5.75 Å². The van der Waals surface area contributed by atoms with Gasteiger partial charge in [-0.1, -0.05) is 0 Å². The fourth-order valence-corrected chi connectivity index (χ4v) is 3.42. The first-order valence-electron chi connectivity index (χ1n) is 7.06. The number of piperidine rings is 1. The Hall–Kier alpha value is -1.60. The Balaban J connectivity index is 1.76. The molecule has 0 saturated carbocycles. The third-order valence-corrected chi connectivity index (χ3v) is 4.89. The van der Waals surface area contributed by atoms with Crippen LogP contribution < -0.4 is 9.88 Å². The Labute approximate surface area is 123 Å². The number of carbonyl (C=O) groups excluding carboxylic acids is 1. The average Bonchev–Trinajstić information content (AvgIpc) is 2.89. The van der Waals surface area contributed by atoms with Crippen LogP contribution in [-0.2, 0) is 21.2 Å². The zero-order chi connectivity index (χ0) is 15.0. The Morgan fingerprint density at radius 2 is 1.95 bits per heavy atom. The lowest BCUT2D eigenvalue weighted by Gasteiger charge is -2.28. The molecule has 0 radical (unpaired) electrons. The van der Waals surface area contributed by atoms with Crippen LogP contribution in [0.2, 0.25) is 0 Å². The second-order valence-electron chi connectivity index (χ2n) is 5.51. The van der Waals surface area contributed by atoms with Crippen LogP contribution in [0.5, 0.6) is 5.75 Å². The molecule has 2 N–H and O–H groups in total. The van der Waals surface area contributed by atoms with Crippen molar-refractivity contribution in [2.75, 3.05) is 13.1 Å². The quantitative estimate of drug-likeness (QED) is 0.868. The molecule has 0 aromatic heterocycles. The molecule has 6 nitrogen and oxygen atoms in total. The fourth-order valence-electron chi connectivity index (χ4n) is 2.86. The number of rotatable bonds is 2. The van der Waals surface area contributed by atoms with Crippen LogP contribution in [0.3, 0.4) is 0 Å². The zero-order valence-electron chi connectivity index (χ0n) is 11.6. The lowest BCUT2D eigenvalue weighted by molar-refractivity contribution is -0.138. The van der Waals surface area contributed by atoms with Crippen molar-refractivity contribution in [3.63, 3.8) is 0 Å². The summed E-state index contributed by atoms with van der Waals surface area (Å²) >= 11 is 0. The molecule has 1 atom stereocenters. The SMILES string of the molecule is NS(=O)(=O)c1ccc2c(c1)CC(C(=O)N1CCCCC1)O2. The number of nitrogens with two attached hydrogens (primary N) is 1. The molecule has 1 saturated heterocycles. The first kappa shape index (κ1) is 14.3. The van der Waals surface area contributed by atoms with Gasteiger partial charge in [-0.2, -0.15) is 0 Å². The number of amides is 1. The molecule has 1 amide bonds. The number of fused-ring (bicyclic) bond motifs is 1. The molecule has 21 heavy (non-hydrogen) atoms. The molecule has 2 aliphatic rings. The smallest absolute Gasteiger partial charge is 0.263 e. The summed E-state index contributed by atoms with van der Waals surface area (Å²) in [6, 6.07) is 4.47. The zero-order valence-corrected chi connectivity index (χ0v) is 12.4. The highest BCUT2D eigenvalue weighted by Crippen LogP contribution is 2.31. The van der Waals surface area contributed by atoms with Crippen molar-refractivity contribution in [3.05, 3.63) is 23.8 Å². The molecule has 1 fully saturated rings. The van der Waals surface area contributed by atoms with E-state index in [9.17, 15) is 13.2 Å². The first-order chi connectivity index (χ1) is 9.95. The molecular weight excluding hydrogens is 292 g/mol. The molecule has 1 aromatic rings. The van der Waals surface area contributed by atoms with E-state index in [1.807, 2.05) is 4.90 Å². The van der Waals surface area contributed by atoms with Crippen molar-refractivity contribution in [1.82, 2.24) is 4.90 Å². The first-order valence-corrected chi connectivity index (χ1v) is 8.61. The van der Waals surface area contributed by atoms with E-state index in [2.05, 4.69) is 0 Å². The van der Waals surface area contributed by atoms with Crippen LogP contribution in [0.15, 0.2) is 23.1 Å². The van der Waals surface area contributed by atoms with E-state index in [0.717, 1.165) is 37.9 Å². The summed E-state index contributed by atoms with van der Waals surface area (Å²) in [7, 11) is -3.73. The van der Waals surface area contributed by atoms with Crippen LogP contribution >= 0.6 is 0 Å². The number of likely N-dealkylation sites (tertiary alicyclic amines) is 1. The van der Waals surface area contributed by atoms with E-state index in [1.54, 1.807) is 6.07 Å². The predicted molar refractivity (Wildman–Crippen MR) is 76.4 cm³/mol. The summed E-state index contributed by atoms with van der Waals surface area (Å²) in [5.74, 6) is 0.556. The molecule has 114 valence electrons. The summed E-state index contributed by atoms with van der Waals surface area (Å²) in [4.78, 5) is 14.3. The van der Waals surface area contributed by atoms with E-state index in [-0.39, 0.29) is 10.8 Å². The van der Waals surface area contributed by atoms with Crippen LogP contribution in [0, 0.1) is 0 Å². The maximum atomic E-state index is 12.4. The standard InChI is InChI=1S/C14H18N2O4S/c15-21(18,19)11-4-5-12-10(8-11)9-13(20-12)14(17)16-6-2-1-3-7-16/h4-5,8,13H,1-3,6-7,9H2,(H2,15,18,19). The van der Waals surface area contributed by atoms with Crippen molar-refractivity contribution in [2.45, 2.75) is 36.7 Å². The van der Waals surface area contributed by atoms with Gasteiger partial charge in [-0.3, -0.25) is 4.79 Å². The highest BCUT2D eigenvalue weighted by atomic mass is 32.2. The third-order valence-electron chi connectivity index (χ3n) is 3.98. The molecule has 2 heterocycles. The number of nitrogens with zero attached hydrogens (tertiary/aromatic N) is 1. The number of primary sulfonamides is 1. The monoisotopic (exact) mass is 310 g/mol. The summed E-state index contributed by atoms with van der Waals surface area (Å²) < 4.78 is 28.4. The van der Waals surface area contributed by atoms with E-state index in [4.69, 9.17) is 9.88 Å². The molecule has 0 bridgehead atoms. The number of hydrogen-bond donors (Lipinski definition) is 1. The van der Waals surface area contributed by atoms with Gasteiger partial charge in [0.2, 0.25) is 10.0 Å². The minimum absolute atomic E-state index is 0.0111. The summed E-state index contributed by atoms with van der Waals surface area (Å²) in [6.07, 6.45) is 3.07. The molecular formula is C14H18N2O4S. The second-order valence-corrected chi connectivity index (χ2v) is 7.07. The minimum atomic E-state index is -3.73. The maximum absolute atomic E-state index is 12.4. The van der Waals surface area contributed by atoms with Gasteiger partial charge in [0.25, 0.3) is 5.91 Å². The Morgan fingerprint density at radius 1 is 1.24 bits per heavy atom. The predicted octanol–water partition coefficient (Wildman–Crippen LogP) is 0.650. The van der Waals surface area contributed by atoms with Crippen LogP contribution in [0.1, 0.15) is 24.8 Å². The van der Waals surface area contributed by atoms with E-state index in [0.29, 0.717) is 12.2 Å². The average molecular weight is 310 g/mol. The van der Waals surface area contributed by atoms with E-state index >= 15 is 0 Å². The lowest BCUT2D eigenvalue weighted by atomic mass is 10.1. The van der Waals surface area contributed by atoms with Gasteiger partial charge >= 0.3 is 0 Å². The molecule has 2 aliphatic heterocycles. The number of carbonyl (C=O) groups is 1. The second kappa shape index (κ2) is 5.31. The van der Waals surface area contributed by atoms with Gasteiger partial charge in [-0.15, -0.1) is 0 Å². The minimum Gasteiger partial charge on any atom is -0.480 e. The van der Waals surface area contributed by atoms with Crippen LogP contribution in [0.4, 0.5) is 0 Å². The van der Waals surface area contributed by atoms with Gasteiger partial charge in [0.1, 0.15) is 5.75 Å². The third kappa shape index (κ3) is 2.89. The fraction of sp³-hybridized carbons (Fsp3) is 0.500. The van der Waals surface area contributed by atoms with Crippen molar-refractivity contribution in [2.24, 2.45) is 5.14 Å². The molecule has 3 rings (SSSR count). The van der Waals surface area contributed by atoms with Gasteiger partial charge in [0.05, 0.1) is 4.90 Å². The van der Waals surface area contributed by atoms with Gasteiger partial charge in [-0.05, 0) is 43.0 Å². The van der Waals surface area contributed by atoms with Gasteiger partial charge in [0.15, 0.2) is 6.10 Å². The Morgan fingerprint density at radius 3 is 2.62 bits per heavy atom. The summed E-state index contributed by atoms with van der Waals surface area (Å²) in [5.41, 5.74) is 0.719.